The molecule has 4 heteroatoms. The first-order chi connectivity index (χ1) is 16.6. The summed E-state index contributed by atoms with van der Waals surface area (Å²) in [6, 6.07) is 12.4. The van der Waals surface area contributed by atoms with E-state index in [2.05, 4.69) is 13.8 Å². The van der Waals surface area contributed by atoms with Crippen molar-refractivity contribution in [2.24, 2.45) is 11.8 Å². The van der Waals surface area contributed by atoms with Gasteiger partial charge < -0.3 is 9.47 Å². The van der Waals surface area contributed by atoms with Crippen molar-refractivity contribution in [3.63, 3.8) is 0 Å². The number of hydrogen-bond acceptors (Lipinski definition) is 3. The first-order valence-electron chi connectivity index (χ1n) is 13.3. The fraction of sp³-hybridized carbons (Fsp3) is 0.567. The molecule has 0 aromatic heterocycles. The number of carbonyl (C=O) groups excluding carboxylic acids is 1. The number of unbranched alkanes of at least 4 members (excludes halogenated alkanes) is 5. The Morgan fingerprint density at radius 1 is 0.853 bits per heavy atom. The average Bonchev–Trinajstić information content (AvgIpc) is 2.85. The van der Waals surface area contributed by atoms with Crippen LogP contribution >= 0.6 is 0 Å². The summed E-state index contributed by atoms with van der Waals surface area (Å²) >= 11 is 0. The molecule has 3 nitrogen and oxygen atoms in total. The molecule has 34 heavy (non-hydrogen) atoms. The first-order valence-corrected chi connectivity index (χ1v) is 13.3. The van der Waals surface area contributed by atoms with Crippen LogP contribution in [0.2, 0.25) is 0 Å². The number of benzene rings is 2. The van der Waals surface area contributed by atoms with Gasteiger partial charge in [-0.25, -0.2) is 4.39 Å². The molecule has 2 aromatic rings. The smallest absolute Gasteiger partial charge is 0.314 e. The Morgan fingerprint density at radius 3 is 2.21 bits per heavy atom. The van der Waals surface area contributed by atoms with Gasteiger partial charge in [-0.05, 0) is 73.4 Å². The molecule has 0 radical (unpaired) electrons. The fourth-order valence-corrected chi connectivity index (χ4v) is 4.87. The van der Waals surface area contributed by atoms with Gasteiger partial charge in [0.2, 0.25) is 0 Å². The van der Waals surface area contributed by atoms with E-state index in [-0.39, 0.29) is 17.7 Å². The minimum Gasteiger partial charge on any atom is -0.491 e. The summed E-state index contributed by atoms with van der Waals surface area (Å²) < 4.78 is 25.8. The van der Waals surface area contributed by atoms with Crippen molar-refractivity contribution >= 4 is 5.97 Å². The van der Waals surface area contributed by atoms with Crippen LogP contribution in [0, 0.1) is 17.7 Å². The molecular formula is C30H41FO3. The van der Waals surface area contributed by atoms with Gasteiger partial charge in [-0.15, -0.1) is 0 Å². The van der Waals surface area contributed by atoms with Crippen LogP contribution in [0.5, 0.6) is 11.5 Å². The number of hydrogen-bond donors (Lipinski definition) is 0. The van der Waals surface area contributed by atoms with Gasteiger partial charge in [0.05, 0.1) is 12.5 Å². The summed E-state index contributed by atoms with van der Waals surface area (Å²) in [5, 5.41) is 0. The molecule has 0 saturated heterocycles. The third-order valence-corrected chi connectivity index (χ3v) is 6.97. The van der Waals surface area contributed by atoms with E-state index in [9.17, 15) is 9.18 Å². The standard InChI is InChI=1S/C30H41FO3/c1-3-5-6-7-8-9-21-33-29-20-17-26(22-28(29)31)24-15-18-27(19-16-24)34-30(32)25-13-11-23(10-4-2)12-14-25/h15-20,22-23,25H,3-14,21H2,1-2H3. The molecule has 0 heterocycles. The highest BCUT2D eigenvalue weighted by Gasteiger charge is 2.27. The van der Waals surface area contributed by atoms with E-state index in [0.29, 0.717) is 18.1 Å². The Kier molecular flexibility index (Phi) is 10.9. The SMILES string of the molecule is CCCCCCCCOc1ccc(-c2ccc(OC(=O)C3CCC(CCC)CC3)cc2)cc1F. The van der Waals surface area contributed by atoms with Crippen LogP contribution in [0.4, 0.5) is 4.39 Å². The Hall–Kier alpha value is -2.36. The summed E-state index contributed by atoms with van der Waals surface area (Å²) in [6.45, 7) is 4.97. The third-order valence-electron chi connectivity index (χ3n) is 6.97. The summed E-state index contributed by atoms with van der Waals surface area (Å²) in [5.74, 6) is 1.14. The second-order valence-electron chi connectivity index (χ2n) is 9.71. The summed E-state index contributed by atoms with van der Waals surface area (Å²) in [7, 11) is 0. The maximum Gasteiger partial charge on any atom is 0.314 e. The average molecular weight is 469 g/mol. The van der Waals surface area contributed by atoms with E-state index in [1.165, 1.54) is 44.6 Å². The van der Waals surface area contributed by atoms with E-state index in [4.69, 9.17) is 9.47 Å². The van der Waals surface area contributed by atoms with Gasteiger partial charge in [-0.1, -0.05) is 77.0 Å². The van der Waals surface area contributed by atoms with Gasteiger partial charge in [0.1, 0.15) is 5.75 Å². The molecule has 0 atom stereocenters. The maximum atomic E-state index is 14.6. The van der Waals surface area contributed by atoms with Gasteiger partial charge in [0, 0.05) is 0 Å². The van der Waals surface area contributed by atoms with Crippen LogP contribution in [0.3, 0.4) is 0 Å². The van der Waals surface area contributed by atoms with Crippen molar-refractivity contribution in [3.8, 4) is 22.6 Å². The van der Waals surface area contributed by atoms with E-state index < -0.39 is 0 Å². The van der Waals surface area contributed by atoms with Gasteiger partial charge in [0.25, 0.3) is 0 Å². The Bertz CT molecular complexity index is 869. The van der Waals surface area contributed by atoms with Crippen LogP contribution in [0.1, 0.15) is 90.9 Å². The summed E-state index contributed by atoms with van der Waals surface area (Å²) in [6.07, 6.45) is 13.6. The predicted molar refractivity (Wildman–Crippen MR) is 137 cm³/mol. The monoisotopic (exact) mass is 468 g/mol. The van der Waals surface area contributed by atoms with Crippen molar-refractivity contribution < 1.29 is 18.7 Å². The lowest BCUT2D eigenvalue weighted by molar-refractivity contribution is -0.140. The van der Waals surface area contributed by atoms with E-state index in [1.807, 2.05) is 18.2 Å². The molecule has 1 aliphatic carbocycles. The number of halogens is 1. The lowest BCUT2D eigenvalue weighted by atomic mass is 9.80. The van der Waals surface area contributed by atoms with Crippen molar-refractivity contribution in [2.45, 2.75) is 90.9 Å². The summed E-state index contributed by atoms with van der Waals surface area (Å²) in [4.78, 5) is 12.6. The largest absolute Gasteiger partial charge is 0.491 e. The van der Waals surface area contributed by atoms with Gasteiger partial charge in [-0.2, -0.15) is 0 Å². The number of ether oxygens (including phenoxy) is 2. The highest BCUT2D eigenvalue weighted by molar-refractivity contribution is 5.75. The molecular weight excluding hydrogens is 427 g/mol. The molecule has 0 aliphatic heterocycles. The quantitative estimate of drug-likeness (QED) is 0.167. The highest BCUT2D eigenvalue weighted by Crippen LogP contribution is 2.33. The van der Waals surface area contributed by atoms with Crippen LogP contribution in [0.15, 0.2) is 42.5 Å². The minimum atomic E-state index is -0.349. The van der Waals surface area contributed by atoms with Crippen molar-refractivity contribution in [2.75, 3.05) is 6.61 Å². The Morgan fingerprint density at radius 2 is 1.53 bits per heavy atom. The zero-order valence-electron chi connectivity index (χ0n) is 21.0. The normalized spacial score (nSPS) is 18.0. The predicted octanol–water partition coefficient (Wildman–Crippen LogP) is 8.74. The molecule has 1 aliphatic rings. The van der Waals surface area contributed by atoms with Crippen molar-refractivity contribution in [1.82, 2.24) is 0 Å². The molecule has 0 bridgehead atoms. The van der Waals surface area contributed by atoms with Crippen LogP contribution in [0.25, 0.3) is 11.1 Å². The number of carbonyl (C=O) groups is 1. The topological polar surface area (TPSA) is 35.5 Å². The van der Waals surface area contributed by atoms with E-state index in [0.717, 1.165) is 55.6 Å². The van der Waals surface area contributed by atoms with E-state index in [1.54, 1.807) is 18.2 Å². The fourth-order valence-electron chi connectivity index (χ4n) is 4.87. The lowest BCUT2D eigenvalue weighted by Crippen LogP contribution is -2.25. The molecule has 0 spiro atoms. The van der Waals surface area contributed by atoms with Crippen molar-refractivity contribution in [1.29, 1.82) is 0 Å². The molecule has 1 fully saturated rings. The zero-order chi connectivity index (χ0) is 24.2. The summed E-state index contributed by atoms with van der Waals surface area (Å²) in [5.41, 5.74) is 1.65. The van der Waals surface area contributed by atoms with Crippen molar-refractivity contribution in [3.05, 3.63) is 48.3 Å². The molecule has 3 rings (SSSR count). The first kappa shape index (κ1) is 26.2. The Balaban J connectivity index is 1.46. The highest BCUT2D eigenvalue weighted by atomic mass is 19.1. The van der Waals surface area contributed by atoms with Crippen LogP contribution < -0.4 is 9.47 Å². The van der Waals surface area contributed by atoms with Gasteiger partial charge in [0.15, 0.2) is 11.6 Å². The lowest BCUT2D eigenvalue weighted by Gasteiger charge is -2.26. The minimum absolute atomic E-state index is 0.00534. The zero-order valence-corrected chi connectivity index (χ0v) is 21.0. The van der Waals surface area contributed by atoms with Gasteiger partial charge in [-0.3, -0.25) is 4.79 Å². The number of rotatable bonds is 13. The second-order valence-corrected chi connectivity index (χ2v) is 9.71. The van der Waals surface area contributed by atoms with E-state index >= 15 is 0 Å². The van der Waals surface area contributed by atoms with Crippen LogP contribution in [-0.4, -0.2) is 12.6 Å². The molecule has 1 saturated carbocycles. The Labute approximate surface area is 205 Å². The molecule has 0 unspecified atom stereocenters. The van der Waals surface area contributed by atoms with Crippen LogP contribution in [-0.2, 0) is 4.79 Å². The maximum absolute atomic E-state index is 14.6. The molecule has 0 amide bonds. The number of esters is 1. The molecule has 2 aromatic carbocycles. The second kappa shape index (κ2) is 14.1. The molecule has 186 valence electrons. The van der Waals surface area contributed by atoms with Gasteiger partial charge >= 0.3 is 5.97 Å². The molecule has 0 N–H and O–H groups in total. The third kappa shape index (κ3) is 8.14.